The van der Waals surface area contributed by atoms with Gasteiger partial charge >= 0.3 is 5.97 Å². The van der Waals surface area contributed by atoms with Gasteiger partial charge in [0.15, 0.2) is 11.5 Å². The number of carbonyl (C=O) groups is 3. The van der Waals surface area contributed by atoms with E-state index in [0.29, 0.717) is 46.7 Å². The van der Waals surface area contributed by atoms with Gasteiger partial charge in [-0.1, -0.05) is 72.8 Å². The first-order valence-electron chi connectivity index (χ1n) is 13.6. The lowest BCUT2D eigenvalue weighted by Crippen LogP contribution is -2.35. The second-order valence-electron chi connectivity index (χ2n) is 9.63. The molecular formula is C34H34N2O6. The molecule has 0 radical (unpaired) electrons. The van der Waals surface area contributed by atoms with E-state index in [1.807, 2.05) is 60.7 Å². The molecule has 4 rings (SSSR count). The Morgan fingerprint density at radius 1 is 0.714 bits per heavy atom. The Kier molecular flexibility index (Phi) is 10.3. The molecule has 216 valence electrons. The normalized spacial score (nSPS) is 10.5. The molecule has 2 amide bonds. The van der Waals surface area contributed by atoms with Crippen LogP contribution in [0.5, 0.6) is 11.5 Å². The van der Waals surface area contributed by atoms with Gasteiger partial charge in [0.05, 0.1) is 20.6 Å². The molecule has 0 atom stereocenters. The number of methoxy groups -OCH3 is 2. The smallest absolute Gasteiger partial charge is 0.305 e. The van der Waals surface area contributed by atoms with Crippen LogP contribution in [-0.2, 0) is 17.8 Å². The number of nitrogens with zero attached hydrogens (tertiary/aromatic N) is 1. The average Bonchev–Trinajstić information content (AvgIpc) is 3.03. The van der Waals surface area contributed by atoms with Gasteiger partial charge in [0.2, 0.25) is 0 Å². The predicted octanol–water partition coefficient (Wildman–Crippen LogP) is 5.46. The summed E-state index contributed by atoms with van der Waals surface area (Å²) in [5.41, 5.74) is 3.93. The van der Waals surface area contributed by atoms with Crippen LogP contribution in [0.15, 0.2) is 97.1 Å². The number of carboxylic acid groups (broad SMARTS) is 1. The molecule has 8 heteroatoms. The van der Waals surface area contributed by atoms with Crippen molar-refractivity contribution >= 4 is 17.8 Å². The van der Waals surface area contributed by atoms with Crippen molar-refractivity contribution in [3.05, 3.63) is 119 Å². The minimum Gasteiger partial charge on any atom is -0.493 e. The standard InChI is InChI=1S/C34H34N2O6/c1-41-30-17-16-24(22-31(30)42-2)18-20-36(21-19-32(37)38)34(40)29-15-9-7-13-27(29)26-12-6-8-14-28(26)33(39)35-23-25-10-4-3-5-11-25/h3-17,22H,18-21,23H2,1-2H3,(H,35,39)(H,37,38). The van der Waals surface area contributed by atoms with E-state index in [-0.39, 0.29) is 31.3 Å². The molecular weight excluding hydrogens is 532 g/mol. The summed E-state index contributed by atoms with van der Waals surface area (Å²) < 4.78 is 10.7. The molecule has 0 unspecified atom stereocenters. The van der Waals surface area contributed by atoms with E-state index in [9.17, 15) is 19.5 Å². The summed E-state index contributed by atoms with van der Waals surface area (Å²) in [6.07, 6.45) is 0.282. The van der Waals surface area contributed by atoms with Crippen molar-refractivity contribution in [2.45, 2.75) is 19.4 Å². The topological polar surface area (TPSA) is 105 Å². The van der Waals surface area contributed by atoms with Crippen LogP contribution in [0, 0.1) is 0 Å². The molecule has 42 heavy (non-hydrogen) atoms. The van der Waals surface area contributed by atoms with Crippen LogP contribution in [0.4, 0.5) is 0 Å². The van der Waals surface area contributed by atoms with E-state index in [2.05, 4.69) is 5.32 Å². The highest BCUT2D eigenvalue weighted by atomic mass is 16.5. The minimum atomic E-state index is -0.993. The molecule has 4 aromatic carbocycles. The Morgan fingerprint density at radius 3 is 2.00 bits per heavy atom. The van der Waals surface area contributed by atoms with Crippen molar-refractivity contribution < 1.29 is 29.0 Å². The molecule has 0 spiro atoms. The summed E-state index contributed by atoms with van der Waals surface area (Å²) in [5, 5.41) is 12.3. The molecule has 0 aromatic heterocycles. The monoisotopic (exact) mass is 566 g/mol. The van der Waals surface area contributed by atoms with Gasteiger partial charge in [0, 0.05) is 30.8 Å². The van der Waals surface area contributed by atoms with E-state index >= 15 is 0 Å². The van der Waals surface area contributed by atoms with E-state index in [4.69, 9.17) is 9.47 Å². The highest BCUT2D eigenvalue weighted by Crippen LogP contribution is 2.30. The molecule has 0 bridgehead atoms. The Labute approximate surface area is 245 Å². The van der Waals surface area contributed by atoms with Crippen LogP contribution in [0.2, 0.25) is 0 Å². The fourth-order valence-electron chi connectivity index (χ4n) is 4.71. The molecule has 0 saturated heterocycles. The molecule has 0 aliphatic carbocycles. The number of aliphatic carboxylic acids is 1. The largest absolute Gasteiger partial charge is 0.493 e. The van der Waals surface area contributed by atoms with Crippen LogP contribution < -0.4 is 14.8 Å². The van der Waals surface area contributed by atoms with Crippen molar-refractivity contribution in [1.82, 2.24) is 10.2 Å². The third-order valence-electron chi connectivity index (χ3n) is 6.92. The highest BCUT2D eigenvalue weighted by molar-refractivity contribution is 6.06. The quantitative estimate of drug-likeness (QED) is 0.223. The van der Waals surface area contributed by atoms with Gasteiger partial charge in [-0.05, 0) is 52.9 Å². The maximum atomic E-state index is 14.0. The molecule has 4 aromatic rings. The molecule has 0 fully saturated rings. The molecule has 0 aliphatic heterocycles. The van der Waals surface area contributed by atoms with Gasteiger partial charge in [-0.25, -0.2) is 0 Å². The number of amides is 2. The molecule has 0 saturated carbocycles. The maximum absolute atomic E-state index is 14.0. The van der Waals surface area contributed by atoms with E-state index in [1.165, 1.54) is 0 Å². The fourth-order valence-corrected chi connectivity index (χ4v) is 4.71. The second-order valence-corrected chi connectivity index (χ2v) is 9.63. The lowest BCUT2D eigenvalue weighted by atomic mass is 9.94. The first kappa shape index (κ1) is 29.9. The summed E-state index contributed by atoms with van der Waals surface area (Å²) in [6, 6.07) is 29.4. The Bertz CT molecular complexity index is 1540. The van der Waals surface area contributed by atoms with Gasteiger partial charge in [-0.2, -0.15) is 0 Å². The second kappa shape index (κ2) is 14.5. The van der Waals surface area contributed by atoms with E-state index in [1.54, 1.807) is 55.5 Å². The minimum absolute atomic E-state index is 0.0367. The van der Waals surface area contributed by atoms with Crippen molar-refractivity contribution in [3.8, 4) is 22.6 Å². The van der Waals surface area contributed by atoms with Crippen LogP contribution in [0.1, 0.15) is 38.3 Å². The molecule has 2 N–H and O–H groups in total. The molecule has 8 nitrogen and oxygen atoms in total. The predicted molar refractivity (Wildman–Crippen MR) is 161 cm³/mol. The van der Waals surface area contributed by atoms with Crippen molar-refractivity contribution in [2.24, 2.45) is 0 Å². The number of hydrogen-bond acceptors (Lipinski definition) is 5. The zero-order valence-corrected chi connectivity index (χ0v) is 23.7. The lowest BCUT2D eigenvalue weighted by molar-refractivity contribution is -0.137. The van der Waals surface area contributed by atoms with Gasteiger partial charge in [0.1, 0.15) is 0 Å². The fraction of sp³-hybridized carbons (Fsp3) is 0.206. The van der Waals surface area contributed by atoms with Crippen molar-refractivity contribution in [1.29, 1.82) is 0 Å². The molecule has 0 heterocycles. The number of carboxylic acids is 1. The van der Waals surface area contributed by atoms with E-state index < -0.39 is 5.97 Å². The van der Waals surface area contributed by atoms with Crippen molar-refractivity contribution in [3.63, 3.8) is 0 Å². The summed E-state index contributed by atoms with van der Waals surface area (Å²) in [7, 11) is 3.12. The van der Waals surface area contributed by atoms with Crippen LogP contribution in [0.25, 0.3) is 11.1 Å². The number of nitrogens with one attached hydrogen (secondary N) is 1. The third kappa shape index (κ3) is 7.54. The first-order valence-corrected chi connectivity index (χ1v) is 13.6. The summed E-state index contributed by atoms with van der Waals surface area (Å²) in [4.78, 5) is 40.2. The van der Waals surface area contributed by atoms with Crippen molar-refractivity contribution in [2.75, 3.05) is 27.3 Å². The number of rotatable bonds is 13. The van der Waals surface area contributed by atoms with Crippen LogP contribution in [-0.4, -0.2) is 55.1 Å². The van der Waals surface area contributed by atoms with Gasteiger partial charge < -0.3 is 24.8 Å². The Hall–Kier alpha value is -5.11. The summed E-state index contributed by atoms with van der Waals surface area (Å²) >= 11 is 0. The third-order valence-corrected chi connectivity index (χ3v) is 6.92. The maximum Gasteiger partial charge on any atom is 0.305 e. The van der Waals surface area contributed by atoms with Gasteiger partial charge in [-0.15, -0.1) is 0 Å². The van der Waals surface area contributed by atoms with Crippen LogP contribution in [0.3, 0.4) is 0 Å². The zero-order chi connectivity index (χ0) is 29.9. The van der Waals surface area contributed by atoms with Crippen LogP contribution >= 0.6 is 0 Å². The first-order chi connectivity index (χ1) is 20.4. The van der Waals surface area contributed by atoms with Gasteiger partial charge in [0.25, 0.3) is 11.8 Å². The summed E-state index contributed by atoms with van der Waals surface area (Å²) in [5.74, 6) is -0.390. The highest BCUT2D eigenvalue weighted by Gasteiger charge is 2.23. The summed E-state index contributed by atoms with van der Waals surface area (Å²) in [6.45, 7) is 0.692. The average molecular weight is 567 g/mol. The number of carbonyl (C=O) groups excluding carboxylic acids is 2. The Balaban J connectivity index is 1.60. The van der Waals surface area contributed by atoms with E-state index in [0.717, 1.165) is 11.1 Å². The number of benzene rings is 4. The SMILES string of the molecule is COc1ccc(CCN(CCC(=O)O)C(=O)c2ccccc2-c2ccccc2C(=O)NCc2ccccc2)cc1OC. The number of ether oxygens (including phenoxy) is 2. The number of hydrogen-bond donors (Lipinski definition) is 2. The molecule has 0 aliphatic rings. The van der Waals surface area contributed by atoms with Gasteiger partial charge in [-0.3, -0.25) is 14.4 Å². The lowest BCUT2D eigenvalue weighted by Gasteiger charge is -2.24. The Morgan fingerprint density at radius 2 is 1.33 bits per heavy atom. The zero-order valence-electron chi connectivity index (χ0n) is 23.7.